The van der Waals surface area contributed by atoms with Gasteiger partial charge in [-0.1, -0.05) is 26.0 Å². The number of benzene rings is 1. The maximum absolute atomic E-state index is 10.8. The van der Waals surface area contributed by atoms with Crippen LogP contribution in [-0.4, -0.2) is 4.92 Å². The zero-order valence-corrected chi connectivity index (χ0v) is 9.93. The van der Waals surface area contributed by atoms with Crippen LogP contribution < -0.4 is 5.73 Å². The second-order valence-corrected chi connectivity index (χ2v) is 4.54. The average molecular weight is 222 g/mol. The maximum Gasteiger partial charge on any atom is 0.272 e. The second-order valence-electron chi connectivity index (χ2n) is 4.54. The molecule has 1 aromatic carbocycles. The predicted molar refractivity (Wildman–Crippen MR) is 64.2 cm³/mol. The third-order valence-corrected chi connectivity index (χ3v) is 2.58. The van der Waals surface area contributed by atoms with Crippen LogP contribution in [0.4, 0.5) is 5.69 Å². The van der Waals surface area contributed by atoms with Crippen molar-refractivity contribution >= 4 is 5.69 Å². The third kappa shape index (κ3) is 3.03. The minimum Gasteiger partial charge on any atom is -0.324 e. The van der Waals surface area contributed by atoms with Crippen molar-refractivity contribution in [3.05, 3.63) is 39.4 Å². The van der Waals surface area contributed by atoms with Crippen molar-refractivity contribution in [1.29, 1.82) is 0 Å². The molecule has 0 aliphatic heterocycles. The lowest BCUT2D eigenvalue weighted by Crippen LogP contribution is -2.13. The number of rotatable bonds is 4. The van der Waals surface area contributed by atoms with Crippen molar-refractivity contribution in [2.24, 2.45) is 11.7 Å². The minimum absolute atomic E-state index is 0.126. The highest BCUT2D eigenvalue weighted by atomic mass is 16.6. The van der Waals surface area contributed by atoms with E-state index in [2.05, 4.69) is 13.8 Å². The molecule has 4 heteroatoms. The number of nitrogens with two attached hydrogens (primary N) is 1. The van der Waals surface area contributed by atoms with Crippen LogP contribution >= 0.6 is 0 Å². The lowest BCUT2D eigenvalue weighted by Gasteiger charge is -2.14. The molecule has 0 radical (unpaired) electrons. The normalized spacial score (nSPS) is 12.8. The first kappa shape index (κ1) is 12.6. The molecule has 0 heterocycles. The van der Waals surface area contributed by atoms with Gasteiger partial charge >= 0.3 is 0 Å². The Hall–Kier alpha value is -1.42. The van der Waals surface area contributed by atoms with Crippen LogP contribution in [0.25, 0.3) is 0 Å². The van der Waals surface area contributed by atoms with Crippen molar-refractivity contribution in [2.45, 2.75) is 33.2 Å². The van der Waals surface area contributed by atoms with Crippen molar-refractivity contribution in [1.82, 2.24) is 0 Å². The molecule has 0 saturated heterocycles. The molecule has 0 unspecified atom stereocenters. The number of nitro groups is 1. The summed E-state index contributed by atoms with van der Waals surface area (Å²) in [5.41, 5.74) is 7.65. The number of nitrogens with zero attached hydrogens (tertiary/aromatic N) is 1. The summed E-state index contributed by atoms with van der Waals surface area (Å²) in [6, 6.07) is 5.09. The molecule has 0 saturated carbocycles. The molecule has 0 fully saturated rings. The topological polar surface area (TPSA) is 69.2 Å². The summed E-state index contributed by atoms with van der Waals surface area (Å²) in [7, 11) is 0. The minimum atomic E-state index is -0.360. The molecule has 88 valence electrons. The van der Waals surface area contributed by atoms with Crippen LogP contribution in [0.3, 0.4) is 0 Å². The highest BCUT2D eigenvalue weighted by Gasteiger charge is 2.15. The molecule has 1 rings (SSSR count). The standard InChI is InChI=1S/C12H18N2O2/c1-8(2)6-11(13)10-5-4-9(3)12(7-10)14(15)16/h4-5,7-8,11H,6,13H2,1-3H3/t11-/m1/s1. The van der Waals surface area contributed by atoms with E-state index in [0.29, 0.717) is 11.5 Å². The van der Waals surface area contributed by atoms with E-state index in [1.165, 1.54) is 0 Å². The van der Waals surface area contributed by atoms with E-state index >= 15 is 0 Å². The first-order chi connectivity index (χ1) is 7.41. The molecule has 0 aliphatic carbocycles. The van der Waals surface area contributed by atoms with Crippen molar-refractivity contribution < 1.29 is 4.92 Å². The lowest BCUT2D eigenvalue weighted by molar-refractivity contribution is -0.385. The second kappa shape index (κ2) is 5.07. The Morgan fingerprint density at radius 3 is 2.56 bits per heavy atom. The number of nitro benzene ring substituents is 1. The fourth-order valence-electron chi connectivity index (χ4n) is 1.70. The molecule has 2 N–H and O–H groups in total. The first-order valence-corrected chi connectivity index (χ1v) is 5.42. The van der Waals surface area contributed by atoms with E-state index in [-0.39, 0.29) is 16.7 Å². The van der Waals surface area contributed by atoms with E-state index < -0.39 is 0 Å². The summed E-state index contributed by atoms with van der Waals surface area (Å²) < 4.78 is 0. The van der Waals surface area contributed by atoms with Crippen LogP contribution in [0.2, 0.25) is 0 Å². The van der Waals surface area contributed by atoms with E-state index in [9.17, 15) is 10.1 Å². The molecule has 16 heavy (non-hydrogen) atoms. The third-order valence-electron chi connectivity index (χ3n) is 2.58. The zero-order valence-electron chi connectivity index (χ0n) is 9.93. The largest absolute Gasteiger partial charge is 0.324 e. The van der Waals surface area contributed by atoms with Gasteiger partial charge in [-0.3, -0.25) is 10.1 Å². The lowest BCUT2D eigenvalue weighted by atomic mass is 9.96. The van der Waals surface area contributed by atoms with Gasteiger partial charge in [0.1, 0.15) is 0 Å². The van der Waals surface area contributed by atoms with Crippen LogP contribution in [0.15, 0.2) is 18.2 Å². The summed E-state index contributed by atoms with van der Waals surface area (Å²) in [5, 5.41) is 10.8. The highest BCUT2D eigenvalue weighted by Crippen LogP contribution is 2.25. The smallest absolute Gasteiger partial charge is 0.272 e. The molecule has 1 atom stereocenters. The summed E-state index contributed by atoms with van der Waals surface area (Å²) in [4.78, 5) is 10.4. The predicted octanol–water partition coefficient (Wildman–Crippen LogP) is 2.95. The molecule has 1 aromatic rings. The van der Waals surface area contributed by atoms with E-state index in [1.807, 2.05) is 6.07 Å². The number of aryl methyl sites for hydroxylation is 1. The van der Waals surface area contributed by atoms with Gasteiger partial charge in [0.15, 0.2) is 0 Å². The summed E-state index contributed by atoms with van der Waals surface area (Å²) in [5.74, 6) is 0.482. The number of hydrogen-bond donors (Lipinski definition) is 1. The Balaban J connectivity index is 2.98. The van der Waals surface area contributed by atoms with Gasteiger partial charge in [-0.25, -0.2) is 0 Å². The van der Waals surface area contributed by atoms with Gasteiger partial charge in [0.05, 0.1) is 4.92 Å². The van der Waals surface area contributed by atoms with Crippen LogP contribution in [0, 0.1) is 23.0 Å². The molecule has 0 amide bonds. The van der Waals surface area contributed by atoms with E-state index in [0.717, 1.165) is 12.0 Å². The summed E-state index contributed by atoms with van der Waals surface area (Å²) >= 11 is 0. The quantitative estimate of drug-likeness (QED) is 0.629. The molecule has 4 nitrogen and oxygen atoms in total. The molecule has 0 bridgehead atoms. The fraction of sp³-hybridized carbons (Fsp3) is 0.500. The Morgan fingerprint density at radius 1 is 1.44 bits per heavy atom. The van der Waals surface area contributed by atoms with Gasteiger partial charge in [-0.15, -0.1) is 0 Å². The molecule has 0 aromatic heterocycles. The number of hydrogen-bond acceptors (Lipinski definition) is 3. The van der Waals surface area contributed by atoms with E-state index in [4.69, 9.17) is 5.73 Å². The maximum atomic E-state index is 10.8. The van der Waals surface area contributed by atoms with Gasteiger partial charge in [-0.05, 0) is 24.8 Å². The highest BCUT2D eigenvalue weighted by molar-refractivity contribution is 5.43. The Labute approximate surface area is 95.6 Å². The fourth-order valence-corrected chi connectivity index (χ4v) is 1.70. The van der Waals surface area contributed by atoms with Crippen LogP contribution in [-0.2, 0) is 0 Å². The Bertz CT molecular complexity index is 389. The SMILES string of the molecule is Cc1ccc([C@H](N)CC(C)C)cc1[N+](=O)[O-]. The Kier molecular flexibility index (Phi) is 4.01. The van der Waals surface area contributed by atoms with Gasteiger partial charge in [-0.2, -0.15) is 0 Å². The zero-order chi connectivity index (χ0) is 12.3. The van der Waals surface area contributed by atoms with Crippen molar-refractivity contribution in [3.63, 3.8) is 0 Å². The van der Waals surface area contributed by atoms with Gasteiger partial charge in [0, 0.05) is 17.7 Å². The van der Waals surface area contributed by atoms with Crippen molar-refractivity contribution in [3.8, 4) is 0 Å². The molecular formula is C12H18N2O2. The average Bonchev–Trinajstić information content (AvgIpc) is 2.16. The van der Waals surface area contributed by atoms with Gasteiger partial charge in [0.25, 0.3) is 5.69 Å². The van der Waals surface area contributed by atoms with Crippen LogP contribution in [0.5, 0.6) is 0 Å². The van der Waals surface area contributed by atoms with Gasteiger partial charge < -0.3 is 5.73 Å². The molecular weight excluding hydrogens is 204 g/mol. The van der Waals surface area contributed by atoms with Gasteiger partial charge in [0.2, 0.25) is 0 Å². The summed E-state index contributed by atoms with van der Waals surface area (Å²) in [6.45, 7) is 5.90. The van der Waals surface area contributed by atoms with Crippen molar-refractivity contribution in [2.75, 3.05) is 0 Å². The molecule has 0 spiro atoms. The monoisotopic (exact) mass is 222 g/mol. The summed E-state index contributed by atoms with van der Waals surface area (Å²) in [6.07, 6.45) is 0.834. The Morgan fingerprint density at radius 2 is 2.06 bits per heavy atom. The van der Waals surface area contributed by atoms with Crippen LogP contribution in [0.1, 0.15) is 37.4 Å². The molecule has 0 aliphatic rings. The first-order valence-electron chi connectivity index (χ1n) is 5.42. The van der Waals surface area contributed by atoms with E-state index in [1.54, 1.807) is 19.1 Å².